The minimum Gasteiger partial charge on any atom is -0.508 e. The highest BCUT2D eigenvalue weighted by atomic mass is 32.2. The Morgan fingerprint density at radius 3 is 2.63 bits per heavy atom. The van der Waals surface area contributed by atoms with Gasteiger partial charge >= 0.3 is 5.97 Å². The van der Waals surface area contributed by atoms with E-state index in [4.69, 9.17) is 41.3 Å². The highest BCUT2D eigenvalue weighted by Gasteiger charge is 2.37. The number of rotatable bonds is 10. The number of fused-ring (bicyclic) bond motifs is 4. The van der Waals surface area contributed by atoms with Crippen molar-refractivity contribution in [2.24, 2.45) is 15.7 Å². The van der Waals surface area contributed by atoms with Crippen LogP contribution < -0.4 is 26.0 Å². The van der Waals surface area contributed by atoms with Crippen molar-refractivity contribution in [3.05, 3.63) is 113 Å². The van der Waals surface area contributed by atoms with Crippen LogP contribution in [-0.4, -0.2) is 80.6 Å². The van der Waals surface area contributed by atoms with E-state index in [0.29, 0.717) is 75.2 Å². The van der Waals surface area contributed by atoms with Crippen LogP contribution in [0, 0.1) is 0 Å². The van der Waals surface area contributed by atoms with Crippen molar-refractivity contribution < 1.29 is 33.3 Å². The second-order valence-electron chi connectivity index (χ2n) is 14.6. The third kappa shape index (κ3) is 7.33. The van der Waals surface area contributed by atoms with Gasteiger partial charge in [0, 0.05) is 75.8 Å². The summed E-state index contributed by atoms with van der Waals surface area (Å²) in [6.45, 7) is 5.40. The number of ether oxygens (including phenoxy) is 2. The van der Waals surface area contributed by atoms with E-state index in [-0.39, 0.29) is 41.4 Å². The predicted octanol–water partition coefficient (Wildman–Crippen LogP) is 7.84. The molecule has 4 aromatic rings. The first-order valence-corrected chi connectivity index (χ1v) is 20.4. The van der Waals surface area contributed by atoms with Crippen LogP contribution >= 0.6 is 24.0 Å². The lowest BCUT2D eigenvalue weighted by atomic mass is 9.90. The number of aliphatic imine (C=N–C) groups is 2. The van der Waals surface area contributed by atoms with Gasteiger partial charge in [-0.25, -0.2) is 9.79 Å². The largest absolute Gasteiger partial charge is 0.508 e. The summed E-state index contributed by atoms with van der Waals surface area (Å²) in [4.78, 5) is 39.7. The first-order valence-electron chi connectivity index (χ1n) is 19.2. The lowest BCUT2D eigenvalue weighted by molar-refractivity contribution is 0.0697. The fourth-order valence-corrected chi connectivity index (χ4v) is 9.18. The molecule has 0 spiro atoms. The van der Waals surface area contributed by atoms with Gasteiger partial charge in [-0.05, 0) is 105 Å². The Bertz CT molecular complexity index is 2800. The van der Waals surface area contributed by atoms with Gasteiger partial charge in [-0.2, -0.15) is 0 Å². The highest BCUT2D eigenvalue weighted by molar-refractivity contribution is 8.14. The summed E-state index contributed by atoms with van der Waals surface area (Å²) in [5.41, 5.74) is 10.3. The fourth-order valence-electron chi connectivity index (χ4n) is 7.66. The quantitative estimate of drug-likeness (QED) is 0.0771. The number of amidine groups is 1. The Morgan fingerprint density at radius 1 is 1.03 bits per heavy atom. The smallest absolute Gasteiger partial charge is 0.336 e. The van der Waals surface area contributed by atoms with Crippen molar-refractivity contribution >= 4 is 63.1 Å². The molecule has 0 radical (unpaired) electrons. The summed E-state index contributed by atoms with van der Waals surface area (Å²) < 4.78 is 23.2. The lowest BCUT2D eigenvalue weighted by Crippen LogP contribution is -2.42. The highest BCUT2D eigenvalue weighted by Crippen LogP contribution is 2.46. The Hall–Kier alpha value is -6.62. The van der Waals surface area contributed by atoms with Crippen molar-refractivity contribution in [3.63, 3.8) is 0 Å². The van der Waals surface area contributed by atoms with E-state index in [0.717, 1.165) is 21.3 Å². The maximum absolute atomic E-state index is 12.9. The Balaban J connectivity index is 0.953. The summed E-state index contributed by atoms with van der Waals surface area (Å²) in [5.74, 6) is 1.07. The number of carboxylic acids is 1. The lowest BCUT2D eigenvalue weighted by Gasteiger charge is -2.31. The van der Waals surface area contributed by atoms with Crippen LogP contribution in [0.3, 0.4) is 0 Å². The molecule has 5 N–H and O–H groups in total. The molecule has 0 amide bonds. The summed E-state index contributed by atoms with van der Waals surface area (Å²) in [5, 5.41) is 25.8. The molecule has 5 aliphatic rings. The van der Waals surface area contributed by atoms with Crippen molar-refractivity contribution in [2.45, 2.75) is 43.4 Å². The topological polar surface area (TPSA) is 189 Å². The summed E-state index contributed by atoms with van der Waals surface area (Å²) in [6, 6.07) is 21.3. The number of furan rings is 1. The Labute approximate surface area is 353 Å². The third-order valence-electron chi connectivity index (χ3n) is 10.5. The van der Waals surface area contributed by atoms with Gasteiger partial charge in [0.1, 0.15) is 35.1 Å². The second-order valence-corrected chi connectivity index (χ2v) is 16.0. The van der Waals surface area contributed by atoms with E-state index in [2.05, 4.69) is 20.1 Å². The minimum absolute atomic E-state index is 0.00381. The molecule has 0 fully saturated rings. The van der Waals surface area contributed by atoms with Crippen LogP contribution in [0.2, 0.25) is 0 Å². The number of aromatic hydroxyl groups is 1. The molecule has 1 aliphatic carbocycles. The van der Waals surface area contributed by atoms with Crippen molar-refractivity contribution in [1.29, 1.82) is 0 Å². The number of nitrogens with two attached hydrogens (primary N) is 1. The number of thioether (sulfide) groups is 1. The Kier molecular flexibility index (Phi) is 10.3. The number of hydrogen-bond acceptors (Lipinski definition) is 13. The average Bonchev–Trinajstić information content (AvgIpc) is 3.99. The van der Waals surface area contributed by atoms with Gasteiger partial charge in [0.2, 0.25) is 6.79 Å². The number of allylic oxidation sites excluding steroid dienone is 1. The second kappa shape index (κ2) is 15.9. The van der Waals surface area contributed by atoms with Gasteiger partial charge in [0.25, 0.3) is 0 Å². The van der Waals surface area contributed by atoms with Gasteiger partial charge in [0.05, 0.1) is 11.8 Å². The number of aromatic carboxylic acids is 1. The number of nitrogens with one attached hydrogen (secondary N) is 1. The predicted molar refractivity (Wildman–Crippen MR) is 234 cm³/mol. The summed E-state index contributed by atoms with van der Waals surface area (Å²) in [7, 11) is 0. The molecule has 9 rings (SSSR count). The third-order valence-corrected chi connectivity index (χ3v) is 11.9. The number of phenols is 1. The molecular weight excluding hydrogens is 805 g/mol. The molecule has 4 aliphatic heterocycles. The number of phenolic OH excluding ortho intramolecular Hbond substituents is 1. The number of anilines is 1. The van der Waals surface area contributed by atoms with Crippen LogP contribution in [0.1, 0.15) is 30.6 Å². The molecule has 304 valence electrons. The number of nitrogens with zero attached hydrogens (tertiary/aromatic N) is 4. The molecule has 16 heteroatoms. The molecule has 2 unspecified atom stereocenters. The number of dihydropyridines is 1. The van der Waals surface area contributed by atoms with Gasteiger partial charge in [0.15, 0.2) is 27.2 Å². The van der Waals surface area contributed by atoms with Crippen LogP contribution in [0.4, 0.5) is 5.69 Å². The van der Waals surface area contributed by atoms with Gasteiger partial charge < -0.3 is 49.4 Å². The van der Waals surface area contributed by atoms with Crippen molar-refractivity contribution in [3.8, 4) is 51.0 Å². The van der Waals surface area contributed by atoms with E-state index in [1.807, 2.05) is 44.2 Å². The van der Waals surface area contributed by atoms with E-state index < -0.39 is 12.1 Å². The van der Waals surface area contributed by atoms with Crippen molar-refractivity contribution in [2.75, 3.05) is 25.2 Å². The molecule has 1 aromatic heterocycles. The van der Waals surface area contributed by atoms with E-state index in [9.17, 15) is 19.8 Å². The Morgan fingerprint density at radius 2 is 1.85 bits per heavy atom. The van der Waals surface area contributed by atoms with Crippen LogP contribution in [-0.2, 0) is 0 Å². The van der Waals surface area contributed by atoms with Crippen LogP contribution in [0.25, 0.3) is 44.7 Å². The van der Waals surface area contributed by atoms with Crippen LogP contribution in [0.15, 0.2) is 125 Å². The van der Waals surface area contributed by atoms with E-state index >= 15 is 0 Å². The fraction of sp³-hybridized carbons (Fsp3) is 0.205. The zero-order valence-corrected chi connectivity index (χ0v) is 34.0. The summed E-state index contributed by atoms with van der Waals surface area (Å²) in [6.07, 6.45) is 5.47. The van der Waals surface area contributed by atoms with Gasteiger partial charge in [-0.15, -0.1) is 0 Å². The normalized spacial score (nSPS) is 16.6. The van der Waals surface area contributed by atoms with Gasteiger partial charge in [-0.1, -0.05) is 17.8 Å². The molecule has 3 aromatic carbocycles. The molecular formula is C44H38N6O8S2. The first kappa shape index (κ1) is 38.9. The number of carboxylic acid groups (broad SMARTS) is 1. The molecule has 14 nitrogen and oxygen atoms in total. The maximum atomic E-state index is 12.9. The number of benzene rings is 4. The SMILES string of the molecule is CC(C)N(CCCN1C2=CC=NC(N)C2N=C1Sc1cc2c(cc1-c1ccco1)OCO2)C(=S)Nc1ccc(-c2c3ccc(=O)cc-3oc3cc(O)ccc23)c(C(=O)O)c1. The molecule has 2 atom stereocenters. The molecule has 60 heavy (non-hydrogen) atoms. The first-order chi connectivity index (χ1) is 29.0. The molecule has 5 heterocycles. The molecule has 0 saturated carbocycles. The van der Waals surface area contributed by atoms with Gasteiger partial charge in [-0.3, -0.25) is 9.79 Å². The summed E-state index contributed by atoms with van der Waals surface area (Å²) >= 11 is 7.46. The molecule has 0 saturated heterocycles. The number of thiocarbonyl (C=S) groups is 1. The van der Waals surface area contributed by atoms with Crippen molar-refractivity contribution in [1.82, 2.24) is 9.80 Å². The van der Waals surface area contributed by atoms with E-state index in [1.165, 1.54) is 36.0 Å². The number of hydrogen-bond donors (Lipinski definition) is 4. The molecule has 0 bridgehead atoms. The standard InChI is InChI=1S/C44H38N6O8S2/c1-23(2)49(43(59)47-24-6-9-27(30(17-24)42(53)54)39-28-10-7-25(51)18-34(28)58-35-19-26(52)8-11-29(35)39)14-4-15-50-32-12-13-46-41(45)40(32)48-44(50)60-38-21-37-36(56-22-57-37)20-31(38)33-5-3-16-55-33/h3,5-13,16-21,23,40-41,51H,4,14-15,22,45H2,1-2H3,(H,47,59)(H,53,54). The zero-order chi connectivity index (χ0) is 41.7. The zero-order valence-electron chi connectivity index (χ0n) is 32.3. The number of carbonyl (C=O) groups is 1. The minimum atomic E-state index is -1.15. The van der Waals surface area contributed by atoms with E-state index in [1.54, 1.807) is 42.8 Å². The maximum Gasteiger partial charge on any atom is 0.336 e. The average molecular weight is 843 g/mol. The van der Waals surface area contributed by atoms with Crippen LogP contribution in [0.5, 0.6) is 17.2 Å². The monoisotopic (exact) mass is 842 g/mol.